The number of benzene rings is 1. The first kappa shape index (κ1) is 15.8. The van der Waals surface area contributed by atoms with E-state index < -0.39 is 0 Å². The number of carbonyl (C=O) groups excluding carboxylic acids is 1. The van der Waals surface area contributed by atoms with Gasteiger partial charge >= 0.3 is 0 Å². The summed E-state index contributed by atoms with van der Waals surface area (Å²) >= 11 is 0. The number of rotatable bonds is 4. The molecule has 0 aliphatic carbocycles. The van der Waals surface area contributed by atoms with Crippen LogP contribution in [-0.4, -0.2) is 45.5 Å². The number of carbonyl (C=O) groups is 1. The largest absolute Gasteiger partial charge is 0.314 e. The maximum atomic E-state index is 12.7. The molecule has 4 rings (SSSR count). The molecule has 0 spiro atoms. The third-order valence-electron chi connectivity index (χ3n) is 4.86. The molecule has 0 unspecified atom stereocenters. The second kappa shape index (κ2) is 6.64. The van der Waals surface area contributed by atoms with E-state index in [-0.39, 0.29) is 11.9 Å². The minimum atomic E-state index is 0.0897. The lowest BCUT2D eigenvalue weighted by atomic mass is 10.2. The fraction of sp³-hybridized carbons (Fsp3) is 0.316. The Balaban J connectivity index is 1.53. The lowest BCUT2D eigenvalue weighted by Crippen LogP contribution is -2.38. The number of likely N-dealkylation sites (N-methyl/N-ethyl adjacent to an activating group) is 1. The van der Waals surface area contributed by atoms with Crippen LogP contribution in [-0.2, 0) is 4.79 Å². The second-order valence-corrected chi connectivity index (χ2v) is 6.40. The van der Waals surface area contributed by atoms with Crippen molar-refractivity contribution in [2.24, 2.45) is 0 Å². The first-order valence-corrected chi connectivity index (χ1v) is 8.59. The van der Waals surface area contributed by atoms with E-state index in [0.29, 0.717) is 6.54 Å². The van der Waals surface area contributed by atoms with E-state index in [1.807, 2.05) is 66.2 Å². The van der Waals surface area contributed by atoms with Crippen molar-refractivity contribution in [3.63, 3.8) is 0 Å². The zero-order chi connectivity index (χ0) is 17.2. The number of anilines is 1. The van der Waals surface area contributed by atoms with Crippen LogP contribution in [0.15, 0.2) is 54.7 Å². The molecular weight excluding hydrogens is 314 g/mol. The highest BCUT2D eigenvalue weighted by atomic mass is 16.2. The molecule has 25 heavy (non-hydrogen) atoms. The van der Waals surface area contributed by atoms with E-state index in [9.17, 15) is 4.79 Å². The maximum absolute atomic E-state index is 12.7. The van der Waals surface area contributed by atoms with Crippen LogP contribution in [0.3, 0.4) is 0 Å². The number of nitrogens with zero attached hydrogens (tertiary/aromatic N) is 5. The number of amides is 1. The lowest BCUT2D eigenvalue weighted by Gasteiger charge is -2.25. The third kappa shape index (κ3) is 3.00. The van der Waals surface area contributed by atoms with Crippen LogP contribution in [0.25, 0.3) is 5.65 Å². The van der Waals surface area contributed by atoms with Gasteiger partial charge in [0.2, 0.25) is 5.91 Å². The molecule has 1 atom stereocenters. The molecule has 0 N–H and O–H groups in total. The minimum Gasteiger partial charge on any atom is -0.314 e. The Morgan fingerprint density at radius 2 is 1.96 bits per heavy atom. The van der Waals surface area contributed by atoms with Gasteiger partial charge in [-0.1, -0.05) is 24.3 Å². The van der Waals surface area contributed by atoms with E-state index in [1.54, 1.807) is 4.90 Å². The highest BCUT2D eigenvalue weighted by Crippen LogP contribution is 2.31. The van der Waals surface area contributed by atoms with Gasteiger partial charge in [0.05, 0.1) is 12.6 Å². The molecule has 0 radical (unpaired) electrons. The van der Waals surface area contributed by atoms with Crippen LogP contribution in [0.4, 0.5) is 5.69 Å². The number of likely N-dealkylation sites (tertiary alicyclic amines) is 1. The molecule has 6 heteroatoms. The van der Waals surface area contributed by atoms with Crippen molar-refractivity contribution in [1.29, 1.82) is 0 Å². The quantitative estimate of drug-likeness (QED) is 0.735. The number of hydrogen-bond acceptors (Lipinski definition) is 4. The molecule has 1 aromatic carbocycles. The van der Waals surface area contributed by atoms with Gasteiger partial charge in [0.15, 0.2) is 11.5 Å². The standard InChI is InChI=1S/C19H21N5O/c1-22(15-8-3-2-4-9-15)18(25)14-23-12-7-10-16(23)19-21-20-17-11-5-6-13-24(17)19/h2-6,8-9,11,13,16H,7,10,12,14H2,1H3/t16-/m0/s1. The number of fused-ring (bicyclic) bond motifs is 1. The highest BCUT2D eigenvalue weighted by molar-refractivity contribution is 5.94. The fourth-order valence-electron chi connectivity index (χ4n) is 3.47. The van der Waals surface area contributed by atoms with Crippen LogP contribution in [0.5, 0.6) is 0 Å². The summed E-state index contributed by atoms with van der Waals surface area (Å²) in [7, 11) is 1.83. The van der Waals surface area contributed by atoms with E-state index in [4.69, 9.17) is 0 Å². The van der Waals surface area contributed by atoms with E-state index in [0.717, 1.165) is 36.5 Å². The summed E-state index contributed by atoms with van der Waals surface area (Å²) in [5.74, 6) is 1.01. The summed E-state index contributed by atoms with van der Waals surface area (Å²) in [6.45, 7) is 1.29. The summed E-state index contributed by atoms with van der Waals surface area (Å²) in [6.07, 6.45) is 4.05. The van der Waals surface area contributed by atoms with Gasteiger partial charge in [-0.3, -0.25) is 14.1 Å². The predicted molar refractivity (Wildman–Crippen MR) is 96.4 cm³/mol. The van der Waals surface area contributed by atoms with Gasteiger partial charge in [-0.25, -0.2) is 0 Å². The van der Waals surface area contributed by atoms with Crippen molar-refractivity contribution < 1.29 is 4.79 Å². The molecule has 0 saturated carbocycles. The Labute approximate surface area is 146 Å². The van der Waals surface area contributed by atoms with Crippen LogP contribution < -0.4 is 4.90 Å². The Bertz CT molecular complexity index is 876. The van der Waals surface area contributed by atoms with Gasteiger partial charge in [0.25, 0.3) is 0 Å². The number of hydrogen-bond donors (Lipinski definition) is 0. The van der Waals surface area contributed by atoms with Crippen molar-refractivity contribution >= 4 is 17.2 Å². The van der Waals surface area contributed by atoms with Crippen molar-refractivity contribution in [3.05, 3.63) is 60.6 Å². The van der Waals surface area contributed by atoms with Crippen LogP contribution in [0, 0.1) is 0 Å². The van der Waals surface area contributed by atoms with Crippen molar-refractivity contribution in [2.75, 3.05) is 25.0 Å². The molecule has 3 aromatic rings. The summed E-state index contributed by atoms with van der Waals surface area (Å²) in [5.41, 5.74) is 1.76. The zero-order valence-electron chi connectivity index (χ0n) is 14.2. The molecule has 2 aromatic heterocycles. The summed E-state index contributed by atoms with van der Waals surface area (Å²) in [5, 5.41) is 8.63. The molecule has 3 heterocycles. The molecule has 1 aliphatic rings. The number of aromatic nitrogens is 3. The molecule has 1 fully saturated rings. The number of para-hydroxylation sites is 1. The van der Waals surface area contributed by atoms with Crippen molar-refractivity contribution in [2.45, 2.75) is 18.9 Å². The molecule has 128 valence electrons. The SMILES string of the molecule is CN(C(=O)CN1CCC[C@H]1c1nnc2ccccn12)c1ccccc1. The van der Waals surface area contributed by atoms with E-state index >= 15 is 0 Å². The van der Waals surface area contributed by atoms with Gasteiger partial charge in [-0.2, -0.15) is 0 Å². The molecule has 1 saturated heterocycles. The topological polar surface area (TPSA) is 53.7 Å². The Kier molecular flexibility index (Phi) is 4.19. The van der Waals surface area contributed by atoms with Gasteiger partial charge in [0.1, 0.15) is 0 Å². The zero-order valence-corrected chi connectivity index (χ0v) is 14.2. The second-order valence-electron chi connectivity index (χ2n) is 6.40. The average molecular weight is 335 g/mol. The molecule has 1 amide bonds. The summed E-state index contributed by atoms with van der Waals surface area (Å²) < 4.78 is 2.02. The van der Waals surface area contributed by atoms with Crippen LogP contribution in [0.2, 0.25) is 0 Å². The first-order valence-electron chi connectivity index (χ1n) is 8.59. The monoisotopic (exact) mass is 335 g/mol. The van der Waals surface area contributed by atoms with Crippen LogP contribution in [0.1, 0.15) is 24.7 Å². The van der Waals surface area contributed by atoms with E-state index in [2.05, 4.69) is 15.1 Å². The van der Waals surface area contributed by atoms with Crippen molar-refractivity contribution in [1.82, 2.24) is 19.5 Å². The first-order chi connectivity index (χ1) is 12.2. The predicted octanol–water partition coefficient (Wildman–Crippen LogP) is 2.53. The molecule has 0 bridgehead atoms. The lowest BCUT2D eigenvalue weighted by molar-refractivity contribution is -0.119. The Morgan fingerprint density at radius 3 is 2.80 bits per heavy atom. The summed E-state index contributed by atoms with van der Waals surface area (Å²) in [6, 6.07) is 15.8. The molecular formula is C19H21N5O. The van der Waals surface area contributed by atoms with Gasteiger partial charge in [-0.15, -0.1) is 10.2 Å². The smallest absolute Gasteiger partial charge is 0.240 e. The third-order valence-corrected chi connectivity index (χ3v) is 4.86. The van der Waals surface area contributed by atoms with Gasteiger partial charge in [0, 0.05) is 18.9 Å². The van der Waals surface area contributed by atoms with Gasteiger partial charge in [-0.05, 0) is 43.7 Å². The Hall–Kier alpha value is -2.73. The molecule has 6 nitrogen and oxygen atoms in total. The summed E-state index contributed by atoms with van der Waals surface area (Å²) in [4.78, 5) is 16.7. The van der Waals surface area contributed by atoms with Crippen LogP contribution >= 0.6 is 0 Å². The maximum Gasteiger partial charge on any atom is 0.240 e. The molecule has 1 aliphatic heterocycles. The van der Waals surface area contributed by atoms with Gasteiger partial charge < -0.3 is 4.90 Å². The normalized spacial score (nSPS) is 17.9. The Morgan fingerprint density at radius 1 is 1.16 bits per heavy atom. The number of pyridine rings is 1. The average Bonchev–Trinajstić information content (AvgIpc) is 3.28. The van der Waals surface area contributed by atoms with E-state index in [1.165, 1.54) is 0 Å². The fourth-order valence-corrected chi connectivity index (χ4v) is 3.47. The van der Waals surface area contributed by atoms with Crippen molar-refractivity contribution in [3.8, 4) is 0 Å². The highest BCUT2D eigenvalue weighted by Gasteiger charge is 2.31. The minimum absolute atomic E-state index is 0.0897.